The van der Waals surface area contributed by atoms with Gasteiger partial charge >= 0.3 is 5.97 Å². The Hall–Kier alpha value is -0.683. The summed E-state index contributed by atoms with van der Waals surface area (Å²) in [7, 11) is -2.11. The normalized spacial score (nSPS) is 14.7. The van der Waals surface area contributed by atoms with Gasteiger partial charge in [-0.3, -0.25) is 0 Å². The molecule has 15 heavy (non-hydrogen) atoms. The van der Waals surface area contributed by atoms with E-state index in [0.29, 0.717) is 6.29 Å². The lowest BCUT2D eigenvalue weighted by Gasteiger charge is -2.37. The maximum atomic E-state index is 10.8. The van der Waals surface area contributed by atoms with Crippen LogP contribution in [0.1, 0.15) is 27.2 Å². The Morgan fingerprint density at radius 2 is 1.93 bits per heavy atom. The summed E-state index contributed by atoms with van der Waals surface area (Å²) >= 11 is 0. The Morgan fingerprint density at radius 1 is 1.47 bits per heavy atom. The van der Waals surface area contributed by atoms with E-state index in [1.54, 1.807) is 0 Å². The molecule has 0 aliphatic rings. The predicted molar refractivity (Wildman–Crippen MR) is 60.4 cm³/mol. The summed E-state index contributed by atoms with van der Waals surface area (Å²) in [5, 5.41) is 8.82. The first kappa shape index (κ1) is 14.3. The van der Waals surface area contributed by atoms with Crippen molar-refractivity contribution in [2.75, 3.05) is 0 Å². The Bertz CT molecular complexity index is 242. The van der Waals surface area contributed by atoms with E-state index in [4.69, 9.17) is 9.53 Å². The van der Waals surface area contributed by atoms with Crippen molar-refractivity contribution in [2.45, 2.75) is 51.4 Å². The fourth-order valence-corrected chi connectivity index (χ4v) is 2.08. The monoisotopic (exact) mass is 232 g/mol. The summed E-state index contributed by atoms with van der Waals surface area (Å²) in [4.78, 5) is 21.2. The average Bonchev–Trinajstić information content (AvgIpc) is 2.00. The van der Waals surface area contributed by atoms with E-state index in [1.807, 2.05) is 33.9 Å². The minimum absolute atomic E-state index is 0.0520. The third-order valence-corrected chi connectivity index (χ3v) is 7.31. The summed E-state index contributed by atoms with van der Waals surface area (Å²) in [6, 6.07) is 0. The molecule has 1 atom stereocenters. The molecule has 0 rings (SSSR count). The van der Waals surface area contributed by atoms with Crippen LogP contribution in [0.2, 0.25) is 18.1 Å². The molecule has 0 radical (unpaired) electrons. The number of carboxylic acids is 1. The van der Waals surface area contributed by atoms with E-state index in [-0.39, 0.29) is 11.5 Å². The van der Waals surface area contributed by atoms with Crippen LogP contribution in [0.25, 0.3) is 0 Å². The number of carbonyl (C=O) groups excluding carboxylic acids is 1. The second-order valence-electron chi connectivity index (χ2n) is 5.11. The standard InChI is InChI=1S/C10H20O4Si/c1-10(2,3)15(4,5)14-8(6-7-11)9(12)13/h7-8H,6H2,1-5H3,(H,12,13). The zero-order chi connectivity index (χ0) is 12.3. The van der Waals surface area contributed by atoms with Gasteiger partial charge in [0.2, 0.25) is 0 Å². The van der Waals surface area contributed by atoms with Crippen molar-refractivity contribution in [1.29, 1.82) is 0 Å². The van der Waals surface area contributed by atoms with Gasteiger partial charge in [-0.25, -0.2) is 4.79 Å². The van der Waals surface area contributed by atoms with Crippen molar-refractivity contribution in [2.24, 2.45) is 0 Å². The SMILES string of the molecule is CC(C)(C)[Si](C)(C)OC(CC=O)C(=O)O. The molecule has 1 N–H and O–H groups in total. The molecule has 0 aromatic heterocycles. The van der Waals surface area contributed by atoms with Gasteiger partial charge in [-0.15, -0.1) is 0 Å². The largest absolute Gasteiger partial charge is 0.479 e. The third-order valence-electron chi connectivity index (χ3n) is 2.83. The molecule has 0 aliphatic carbocycles. The van der Waals surface area contributed by atoms with Gasteiger partial charge < -0.3 is 14.3 Å². The van der Waals surface area contributed by atoms with Crippen LogP contribution in [0.15, 0.2) is 0 Å². The first-order chi connectivity index (χ1) is 6.62. The van der Waals surface area contributed by atoms with Gasteiger partial charge in [-0.05, 0) is 18.1 Å². The topological polar surface area (TPSA) is 63.6 Å². The molecule has 5 heteroatoms. The van der Waals surface area contributed by atoms with Crippen LogP contribution in [0.4, 0.5) is 0 Å². The van der Waals surface area contributed by atoms with Crippen molar-refractivity contribution in [3.63, 3.8) is 0 Å². The zero-order valence-corrected chi connectivity index (χ0v) is 11.0. The quantitative estimate of drug-likeness (QED) is 0.582. The van der Waals surface area contributed by atoms with Gasteiger partial charge in [0.1, 0.15) is 12.4 Å². The molecule has 0 saturated carbocycles. The number of carboxylic acid groups (broad SMARTS) is 1. The van der Waals surface area contributed by atoms with Gasteiger partial charge in [-0.2, -0.15) is 0 Å². The first-order valence-corrected chi connectivity index (χ1v) is 7.87. The number of hydrogen-bond acceptors (Lipinski definition) is 3. The number of rotatable bonds is 5. The van der Waals surface area contributed by atoms with Crippen molar-refractivity contribution >= 4 is 20.6 Å². The molecule has 0 aromatic carbocycles. The van der Waals surface area contributed by atoms with Crippen LogP contribution in [0, 0.1) is 0 Å². The van der Waals surface area contributed by atoms with Crippen LogP contribution < -0.4 is 0 Å². The number of aldehydes is 1. The van der Waals surface area contributed by atoms with E-state index < -0.39 is 20.4 Å². The van der Waals surface area contributed by atoms with Crippen LogP contribution in [-0.2, 0) is 14.0 Å². The molecule has 4 nitrogen and oxygen atoms in total. The second kappa shape index (κ2) is 4.89. The fourth-order valence-electron chi connectivity index (χ4n) is 0.819. The summed E-state index contributed by atoms with van der Waals surface area (Å²) in [5.41, 5.74) is 0. The lowest BCUT2D eigenvalue weighted by molar-refractivity contribution is -0.146. The fraction of sp³-hybridized carbons (Fsp3) is 0.800. The Kier molecular flexibility index (Phi) is 4.67. The molecule has 0 spiro atoms. The molecule has 0 amide bonds. The van der Waals surface area contributed by atoms with Gasteiger partial charge in [0, 0.05) is 6.42 Å². The van der Waals surface area contributed by atoms with Gasteiger partial charge in [0.25, 0.3) is 0 Å². The number of aliphatic carboxylic acids is 1. The highest BCUT2D eigenvalue weighted by molar-refractivity contribution is 6.74. The summed E-state index contributed by atoms with van der Waals surface area (Å²) < 4.78 is 5.61. The lowest BCUT2D eigenvalue weighted by atomic mass is 10.2. The maximum absolute atomic E-state index is 10.8. The molecule has 0 fully saturated rings. The highest BCUT2D eigenvalue weighted by atomic mass is 28.4. The predicted octanol–water partition coefficient (Wildman–Crippen LogP) is 2.05. The Balaban J connectivity index is 4.66. The van der Waals surface area contributed by atoms with E-state index in [1.165, 1.54) is 0 Å². The Morgan fingerprint density at radius 3 is 2.20 bits per heavy atom. The highest BCUT2D eigenvalue weighted by Gasteiger charge is 2.40. The molecule has 0 bridgehead atoms. The first-order valence-electron chi connectivity index (χ1n) is 4.96. The second-order valence-corrected chi connectivity index (χ2v) is 9.86. The number of carbonyl (C=O) groups is 2. The van der Waals surface area contributed by atoms with Crippen LogP contribution in [0.3, 0.4) is 0 Å². The summed E-state index contributed by atoms with van der Waals surface area (Å²) in [6.07, 6.45) is -0.489. The summed E-state index contributed by atoms with van der Waals surface area (Å²) in [6.45, 7) is 10.0. The van der Waals surface area contributed by atoms with Crippen LogP contribution >= 0.6 is 0 Å². The van der Waals surface area contributed by atoms with Crippen molar-refractivity contribution in [1.82, 2.24) is 0 Å². The van der Waals surface area contributed by atoms with Gasteiger partial charge in [0.15, 0.2) is 8.32 Å². The molecule has 0 heterocycles. The van der Waals surface area contributed by atoms with E-state index in [2.05, 4.69) is 0 Å². The molecule has 1 unspecified atom stereocenters. The van der Waals surface area contributed by atoms with Crippen molar-refractivity contribution in [3.05, 3.63) is 0 Å². The zero-order valence-electron chi connectivity index (χ0n) is 10.0. The van der Waals surface area contributed by atoms with E-state index >= 15 is 0 Å². The maximum Gasteiger partial charge on any atom is 0.332 e. The third kappa shape index (κ3) is 4.13. The van der Waals surface area contributed by atoms with E-state index in [0.717, 1.165) is 0 Å². The van der Waals surface area contributed by atoms with Crippen molar-refractivity contribution < 1.29 is 19.1 Å². The smallest absolute Gasteiger partial charge is 0.332 e. The van der Waals surface area contributed by atoms with Crippen LogP contribution in [0.5, 0.6) is 0 Å². The van der Waals surface area contributed by atoms with Gasteiger partial charge in [0.05, 0.1) is 0 Å². The molecule has 0 aromatic rings. The molecular weight excluding hydrogens is 212 g/mol. The Labute approximate surface area is 91.8 Å². The average molecular weight is 232 g/mol. The number of hydrogen-bond donors (Lipinski definition) is 1. The van der Waals surface area contributed by atoms with E-state index in [9.17, 15) is 9.59 Å². The van der Waals surface area contributed by atoms with Crippen molar-refractivity contribution in [3.8, 4) is 0 Å². The summed E-state index contributed by atoms with van der Waals surface area (Å²) in [5.74, 6) is -1.06. The van der Waals surface area contributed by atoms with Gasteiger partial charge in [-0.1, -0.05) is 20.8 Å². The minimum Gasteiger partial charge on any atom is -0.479 e. The molecule has 0 aliphatic heterocycles. The van der Waals surface area contributed by atoms with Crippen LogP contribution in [-0.4, -0.2) is 31.8 Å². The molecule has 0 saturated heterocycles. The molecule has 88 valence electrons. The lowest BCUT2D eigenvalue weighted by Crippen LogP contribution is -2.46. The highest BCUT2D eigenvalue weighted by Crippen LogP contribution is 2.37. The molecular formula is C10H20O4Si. The minimum atomic E-state index is -2.11.